The molecule has 0 bridgehead atoms. The van der Waals surface area contributed by atoms with Crippen molar-refractivity contribution in [3.05, 3.63) is 11.6 Å². The van der Waals surface area contributed by atoms with Crippen LogP contribution in [-0.4, -0.2) is 0 Å². The second kappa shape index (κ2) is 3.15. The molecule has 0 spiro atoms. The van der Waals surface area contributed by atoms with Crippen LogP contribution in [0, 0.1) is 16.7 Å². The zero-order valence-corrected chi connectivity index (χ0v) is 10.1. The van der Waals surface area contributed by atoms with Gasteiger partial charge in [0, 0.05) is 0 Å². The number of allylic oxidation sites excluding steroid dienone is 2. The standard InChI is InChI=1S/C13H24/c1-7-11(8-2)10(3)13(6)9-12(13,4)5/h7,10H,8-9H2,1-6H3. The van der Waals surface area contributed by atoms with Gasteiger partial charge in [-0.05, 0) is 36.5 Å². The monoisotopic (exact) mass is 180 g/mol. The van der Waals surface area contributed by atoms with Crippen molar-refractivity contribution in [2.45, 2.75) is 54.4 Å². The molecule has 13 heavy (non-hydrogen) atoms. The summed E-state index contributed by atoms with van der Waals surface area (Å²) in [5.74, 6) is 0.762. The van der Waals surface area contributed by atoms with Crippen molar-refractivity contribution >= 4 is 0 Å². The highest BCUT2D eigenvalue weighted by Crippen LogP contribution is 2.68. The molecule has 0 saturated heterocycles. The minimum Gasteiger partial charge on any atom is -0.0882 e. The van der Waals surface area contributed by atoms with E-state index in [1.54, 1.807) is 5.57 Å². The van der Waals surface area contributed by atoms with E-state index in [1.807, 2.05) is 0 Å². The van der Waals surface area contributed by atoms with Gasteiger partial charge in [-0.2, -0.15) is 0 Å². The van der Waals surface area contributed by atoms with Gasteiger partial charge in [0.2, 0.25) is 0 Å². The van der Waals surface area contributed by atoms with Gasteiger partial charge >= 0.3 is 0 Å². The third-order valence-electron chi connectivity index (χ3n) is 4.52. The van der Waals surface area contributed by atoms with Gasteiger partial charge in [0.05, 0.1) is 0 Å². The van der Waals surface area contributed by atoms with Gasteiger partial charge in [-0.25, -0.2) is 0 Å². The van der Waals surface area contributed by atoms with E-state index in [1.165, 1.54) is 12.8 Å². The van der Waals surface area contributed by atoms with Gasteiger partial charge in [0.25, 0.3) is 0 Å². The maximum atomic E-state index is 2.44. The Morgan fingerprint density at radius 3 is 2.08 bits per heavy atom. The zero-order chi connectivity index (χ0) is 10.3. The van der Waals surface area contributed by atoms with Crippen molar-refractivity contribution < 1.29 is 0 Å². The van der Waals surface area contributed by atoms with Crippen molar-refractivity contribution in [1.29, 1.82) is 0 Å². The van der Waals surface area contributed by atoms with Gasteiger partial charge in [-0.1, -0.05) is 46.3 Å². The van der Waals surface area contributed by atoms with Crippen LogP contribution in [0.1, 0.15) is 54.4 Å². The molecule has 0 nitrogen and oxygen atoms in total. The fraction of sp³-hybridized carbons (Fsp3) is 0.846. The Bertz CT molecular complexity index is 222. The molecule has 0 amide bonds. The smallest absolute Gasteiger partial charge is 0.0173 e. The first-order valence-corrected chi connectivity index (χ1v) is 5.54. The Hall–Kier alpha value is -0.260. The second-order valence-corrected chi connectivity index (χ2v) is 5.42. The van der Waals surface area contributed by atoms with Crippen LogP contribution in [0.3, 0.4) is 0 Å². The van der Waals surface area contributed by atoms with Crippen LogP contribution in [0.15, 0.2) is 11.6 Å². The molecule has 1 rings (SSSR count). The average Bonchev–Trinajstić information content (AvgIpc) is 2.55. The van der Waals surface area contributed by atoms with Gasteiger partial charge in [0.1, 0.15) is 0 Å². The molecule has 1 aliphatic rings. The van der Waals surface area contributed by atoms with Crippen LogP contribution in [0.4, 0.5) is 0 Å². The quantitative estimate of drug-likeness (QED) is 0.564. The van der Waals surface area contributed by atoms with Crippen LogP contribution in [-0.2, 0) is 0 Å². The molecule has 1 fully saturated rings. The molecule has 0 aromatic carbocycles. The summed E-state index contributed by atoms with van der Waals surface area (Å²) in [6.45, 7) is 14.1. The highest BCUT2D eigenvalue weighted by molar-refractivity contribution is 5.19. The van der Waals surface area contributed by atoms with E-state index in [0.29, 0.717) is 10.8 Å². The minimum atomic E-state index is 0.560. The Balaban J connectivity index is 2.75. The van der Waals surface area contributed by atoms with Gasteiger partial charge < -0.3 is 0 Å². The van der Waals surface area contributed by atoms with E-state index >= 15 is 0 Å². The van der Waals surface area contributed by atoms with E-state index in [4.69, 9.17) is 0 Å². The summed E-state index contributed by atoms with van der Waals surface area (Å²) in [6.07, 6.45) is 4.91. The third kappa shape index (κ3) is 1.56. The normalized spacial score (nSPS) is 34.5. The molecular weight excluding hydrogens is 156 g/mol. The summed E-state index contributed by atoms with van der Waals surface area (Å²) < 4.78 is 0. The van der Waals surface area contributed by atoms with Crippen LogP contribution in [0.2, 0.25) is 0 Å². The summed E-state index contributed by atoms with van der Waals surface area (Å²) in [5.41, 5.74) is 2.76. The molecule has 0 radical (unpaired) electrons. The maximum absolute atomic E-state index is 2.44. The van der Waals surface area contributed by atoms with Crippen LogP contribution >= 0.6 is 0 Å². The lowest BCUT2D eigenvalue weighted by Crippen LogP contribution is -2.16. The van der Waals surface area contributed by atoms with Crippen molar-refractivity contribution in [3.63, 3.8) is 0 Å². The summed E-state index contributed by atoms with van der Waals surface area (Å²) in [4.78, 5) is 0. The fourth-order valence-electron chi connectivity index (χ4n) is 2.78. The summed E-state index contributed by atoms with van der Waals surface area (Å²) in [5, 5.41) is 0. The molecule has 0 heteroatoms. The molecule has 0 N–H and O–H groups in total. The lowest BCUT2D eigenvalue weighted by atomic mass is 9.80. The van der Waals surface area contributed by atoms with Crippen molar-refractivity contribution in [2.75, 3.05) is 0 Å². The first kappa shape index (κ1) is 10.8. The van der Waals surface area contributed by atoms with E-state index in [0.717, 1.165) is 5.92 Å². The van der Waals surface area contributed by atoms with Gasteiger partial charge in [-0.15, -0.1) is 0 Å². The van der Waals surface area contributed by atoms with Crippen LogP contribution in [0.25, 0.3) is 0 Å². The van der Waals surface area contributed by atoms with Crippen LogP contribution in [0.5, 0.6) is 0 Å². The lowest BCUT2D eigenvalue weighted by Gasteiger charge is -2.25. The SMILES string of the molecule is CC=C(CC)C(C)C1(C)CC1(C)C. The van der Waals surface area contributed by atoms with E-state index in [2.05, 4.69) is 47.6 Å². The number of hydrogen-bond donors (Lipinski definition) is 0. The summed E-state index contributed by atoms with van der Waals surface area (Å²) in [6, 6.07) is 0. The molecule has 0 aromatic rings. The van der Waals surface area contributed by atoms with E-state index in [9.17, 15) is 0 Å². The zero-order valence-electron chi connectivity index (χ0n) is 10.1. The van der Waals surface area contributed by atoms with E-state index < -0.39 is 0 Å². The van der Waals surface area contributed by atoms with Crippen molar-refractivity contribution in [1.82, 2.24) is 0 Å². The predicted octanol–water partition coefficient (Wildman–Crippen LogP) is 4.42. The summed E-state index contributed by atoms with van der Waals surface area (Å²) in [7, 11) is 0. The molecule has 1 saturated carbocycles. The lowest BCUT2D eigenvalue weighted by molar-refractivity contribution is 0.320. The average molecular weight is 180 g/mol. The fourth-order valence-corrected chi connectivity index (χ4v) is 2.78. The molecule has 1 aliphatic carbocycles. The van der Waals surface area contributed by atoms with Crippen molar-refractivity contribution in [3.8, 4) is 0 Å². The second-order valence-electron chi connectivity index (χ2n) is 5.42. The largest absolute Gasteiger partial charge is 0.0882 e. The highest BCUT2D eigenvalue weighted by atomic mass is 14.6. The molecule has 2 atom stereocenters. The van der Waals surface area contributed by atoms with Crippen LogP contribution < -0.4 is 0 Å². The van der Waals surface area contributed by atoms with Crippen molar-refractivity contribution in [2.24, 2.45) is 16.7 Å². The Labute approximate surface area is 83.4 Å². The molecular formula is C13H24. The van der Waals surface area contributed by atoms with E-state index in [-0.39, 0.29) is 0 Å². The number of hydrogen-bond acceptors (Lipinski definition) is 0. The molecule has 2 unspecified atom stereocenters. The maximum Gasteiger partial charge on any atom is -0.0173 e. The van der Waals surface area contributed by atoms with Gasteiger partial charge in [-0.3, -0.25) is 0 Å². The predicted molar refractivity (Wildman–Crippen MR) is 59.7 cm³/mol. The minimum absolute atomic E-state index is 0.560. The highest BCUT2D eigenvalue weighted by Gasteiger charge is 2.60. The first-order chi connectivity index (χ1) is 5.89. The summed E-state index contributed by atoms with van der Waals surface area (Å²) >= 11 is 0. The Morgan fingerprint density at radius 1 is 1.38 bits per heavy atom. The molecule has 0 aromatic heterocycles. The third-order valence-corrected chi connectivity index (χ3v) is 4.52. The molecule has 76 valence electrons. The molecule has 0 heterocycles. The molecule has 0 aliphatic heterocycles. The topological polar surface area (TPSA) is 0 Å². The first-order valence-electron chi connectivity index (χ1n) is 5.54. The Morgan fingerprint density at radius 2 is 1.85 bits per heavy atom. The Kier molecular flexibility index (Phi) is 2.62. The number of rotatable bonds is 3. The van der Waals surface area contributed by atoms with Gasteiger partial charge in [0.15, 0.2) is 0 Å².